The monoisotopic (exact) mass is 456 g/mol. The van der Waals surface area contributed by atoms with E-state index in [0.29, 0.717) is 17.5 Å². The van der Waals surface area contributed by atoms with Crippen molar-refractivity contribution in [3.8, 4) is 28.7 Å². The molecule has 0 saturated heterocycles. The van der Waals surface area contributed by atoms with Crippen LogP contribution >= 0.6 is 0 Å². The van der Waals surface area contributed by atoms with Gasteiger partial charge in [-0.1, -0.05) is 5.21 Å². The maximum Gasteiger partial charge on any atom is 0.116 e. The highest BCUT2D eigenvalue weighted by Crippen LogP contribution is 2.34. The fourth-order valence-corrected chi connectivity index (χ4v) is 4.65. The van der Waals surface area contributed by atoms with Crippen LogP contribution in [0.2, 0.25) is 0 Å². The second-order valence-electron chi connectivity index (χ2n) is 9.27. The molecule has 1 fully saturated rings. The minimum Gasteiger partial charge on any atom is -0.396 e. The van der Waals surface area contributed by atoms with Crippen LogP contribution < -0.4 is 5.32 Å². The molecule has 1 aliphatic rings. The van der Waals surface area contributed by atoms with Crippen molar-refractivity contribution in [2.75, 3.05) is 11.9 Å². The zero-order valence-electron chi connectivity index (χ0n) is 19.4. The second kappa shape index (κ2) is 9.23. The van der Waals surface area contributed by atoms with Crippen LogP contribution in [0.5, 0.6) is 0 Å². The Bertz CT molecular complexity index is 1340. The second-order valence-corrected chi connectivity index (χ2v) is 9.27. The average Bonchev–Trinajstić information content (AvgIpc) is 3.51. The number of nitriles is 1. The number of rotatable bonds is 6. The lowest BCUT2D eigenvalue weighted by molar-refractivity contribution is 0.164. The molecule has 4 heterocycles. The van der Waals surface area contributed by atoms with E-state index in [1.807, 2.05) is 41.3 Å². The standard InChI is InChI=1S/C25H28N8O/c1-16(2)29-22-10-23(25-8-7-20-9-18(11-26)12-28-33(20)25)27-13-21(22)24-14-32(31-30-24)19-5-3-17(15-34)4-6-19/h7-10,12-14,16-17,19,34H,3-6,15H2,1-2H3,(H,27,29)/t17-,19-. The summed E-state index contributed by atoms with van der Waals surface area (Å²) in [6.45, 7) is 4.46. The molecule has 0 atom stereocenters. The molecule has 5 rings (SSSR count). The van der Waals surface area contributed by atoms with Gasteiger partial charge in [-0.05, 0) is 69.7 Å². The molecule has 0 bridgehead atoms. The maximum atomic E-state index is 9.41. The minimum atomic E-state index is 0.221. The van der Waals surface area contributed by atoms with Crippen LogP contribution in [-0.2, 0) is 0 Å². The molecular weight excluding hydrogens is 428 g/mol. The van der Waals surface area contributed by atoms with Crippen molar-refractivity contribution in [1.29, 1.82) is 5.26 Å². The normalized spacial score (nSPS) is 18.3. The van der Waals surface area contributed by atoms with Crippen LogP contribution in [0.1, 0.15) is 51.1 Å². The van der Waals surface area contributed by atoms with Gasteiger partial charge in [0.15, 0.2) is 0 Å². The largest absolute Gasteiger partial charge is 0.396 e. The summed E-state index contributed by atoms with van der Waals surface area (Å²) in [7, 11) is 0. The number of fused-ring (bicyclic) bond motifs is 1. The minimum absolute atomic E-state index is 0.221. The summed E-state index contributed by atoms with van der Waals surface area (Å²) < 4.78 is 3.76. The quantitative estimate of drug-likeness (QED) is 0.449. The number of aliphatic hydroxyl groups is 1. The number of aromatic nitrogens is 6. The summed E-state index contributed by atoms with van der Waals surface area (Å²) in [5, 5.41) is 35.4. The first-order chi connectivity index (χ1) is 16.6. The Kier molecular flexibility index (Phi) is 5.99. The van der Waals surface area contributed by atoms with Crippen LogP contribution in [0.25, 0.3) is 28.2 Å². The van der Waals surface area contributed by atoms with Gasteiger partial charge < -0.3 is 10.4 Å². The molecule has 0 radical (unpaired) electrons. The topological polar surface area (TPSA) is 117 Å². The zero-order valence-corrected chi connectivity index (χ0v) is 19.4. The maximum absolute atomic E-state index is 9.41. The summed E-state index contributed by atoms with van der Waals surface area (Å²) in [5.41, 5.74) is 5.60. The lowest BCUT2D eigenvalue weighted by Gasteiger charge is -2.26. The van der Waals surface area contributed by atoms with Crippen LogP contribution in [0.15, 0.2) is 42.9 Å². The van der Waals surface area contributed by atoms with Crippen molar-refractivity contribution >= 4 is 11.2 Å². The summed E-state index contributed by atoms with van der Waals surface area (Å²) in [4.78, 5) is 4.73. The third-order valence-corrected chi connectivity index (χ3v) is 6.47. The molecule has 34 heavy (non-hydrogen) atoms. The molecule has 0 unspecified atom stereocenters. The van der Waals surface area contributed by atoms with Gasteiger partial charge in [-0.15, -0.1) is 5.10 Å². The molecular formula is C25H28N8O. The van der Waals surface area contributed by atoms with Gasteiger partial charge in [0.25, 0.3) is 0 Å². The molecule has 2 N–H and O–H groups in total. The fraction of sp³-hybridized carbons (Fsp3) is 0.400. The van der Waals surface area contributed by atoms with Gasteiger partial charge in [-0.2, -0.15) is 10.4 Å². The summed E-state index contributed by atoms with van der Waals surface area (Å²) in [6.07, 6.45) is 9.44. The van der Waals surface area contributed by atoms with Crippen molar-refractivity contribution in [3.63, 3.8) is 0 Å². The predicted octanol–water partition coefficient (Wildman–Crippen LogP) is 4.07. The summed E-state index contributed by atoms with van der Waals surface area (Å²) >= 11 is 0. The molecule has 0 spiro atoms. The first-order valence-corrected chi connectivity index (χ1v) is 11.7. The number of nitrogens with zero attached hydrogens (tertiary/aromatic N) is 7. The number of anilines is 1. The highest BCUT2D eigenvalue weighted by Gasteiger charge is 2.23. The van der Waals surface area contributed by atoms with Gasteiger partial charge >= 0.3 is 0 Å². The fourth-order valence-electron chi connectivity index (χ4n) is 4.65. The summed E-state index contributed by atoms with van der Waals surface area (Å²) in [6, 6.07) is 10.4. The predicted molar refractivity (Wildman–Crippen MR) is 129 cm³/mol. The van der Waals surface area contributed by atoms with Gasteiger partial charge in [0.1, 0.15) is 11.8 Å². The summed E-state index contributed by atoms with van der Waals surface area (Å²) in [5.74, 6) is 0.406. The first kappa shape index (κ1) is 22.0. The van der Waals surface area contributed by atoms with Crippen molar-refractivity contribution in [2.24, 2.45) is 5.92 Å². The lowest BCUT2D eigenvalue weighted by atomic mass is 9.87. The van der Waals surface area contributed by atoms with Crippen LogP contribution in [0, 0.1) is 17.2 Å². The van der Waals surface area contributed by atoms with Crippen molar-refractivity contribution in [3.05, 3.63) is 48.4 Å². The lowest BCUT2D eigenvalue weighted by Crippen LogP contribution is -2.20. The molecule has 0 amide bonds. The average molecular weight is 457 g/mol. The van der Waals surface area contributed by atoms with E-state index in [1.165, 1.54) is 0 Å². The highest BCUT2D eigenvalue weighted by atomic mass is 16.3. The first-order valence-electron chi connectivity index (χ1n) is 11.7. The van der Waals surface area contributed by atoms with E-state index in [1.54, 1.807) is 10.7 Å². The van der Waals surface area contributed by atoms with Crippen molar-refractivity contribution in [2.45, 2.75) is 51.6 Å². The van der Waals surface area contributed by atoms with E-state index < -0.39 is 0 Å². The Morgan fingerprint density at radius 1 is 1.15 bits per heavy atom. The van der Waals surface area contributed by atoms with E-state index >= 15 is 0 Å². The van der Waals surface area contributed by atoms with Gasteiger partial charge in [0.2, 0.25) is 0 Å². The van der Waals surface area contributed by atoms with Crippen molar-refractivity contribution < 1.29 is 5.11 Å². The number of nitrogens with one attached hydrogen (secondary N) is 1. The van der Waals surface area contributed by atoms with E-state index in [0.717, 1.165) is 59.5 Å². The Morgan fingerprint density at radius 2 is 1.97 bits per heavy atom. The van der Waals surface area contributed by atoms with Gasteiger partial charge in [0.05, 0.1) is 40.9 Å². The van der Waals surface area contributed by atoms with E-state index in [4.69, 9.17) is 10.2 Å². The third kappa shape index (κ3) is 4.24. The highest BCUT2D eigenvalue weighted by molar-refractivity contribution is 5.78. The van der Waals surface area contributed by atoms with E-state index in [9.17, 15) is 5.11 Å². The zero-order chi connectivity index (χ0) is 23.7. The number of hydrogen-bond acceptors (Lipinski definition) is 7. The molecule has 0 aliphatic heterocycles. The molecule has 4 aromatic heterocycles. The number of hydrogen-bond donors (Lipinski definition) is 2. The van der Waals surface area contributed by atoms with E-state index in [2.05, 4.69) is 40.6 Å². The Labute approximate surface area is 198 Å². The molecule has 1 aliphatic carbocycles. The van der Waals surface area contributed by atoms with Crippen LogP contribution in [-0.4, -0.2) is 47.3 Å². The molecule has 174 valence electrons. The van der Waals surface area contributed by atoms with Crippen LogP contribution in [0.3, 0.4) is 0 Å². The Morgan fingerprint density at radius 3 is 2.71 bits per heavy atom. The molecule has 9 heteroatoms. The third-order valence-electron chi connectivity index (χ3n) is 6.47. The SMILES string of the molecule is CC(C)Nc1cc(-c2ccc3cc(C#N)cnn23)ncc1-c1cn([C@H]2CC[C@H](CO)CC2)nn1. The van der Waals surface area contributed by atoms with Gasteiger partial charge in [-0.25, -0.2) is 9.20 Å². The van der Waals surface area contributed by atoms with Crippen molar-refractivity contribution in [1.82, 2.24) is 29.6 Å². The molecule has 9 nitrogen and oxygen atoms in total. The molecule has 1 saturated carbocycles. The van der Waals surface area contributed by atoms with Gasteiger partial charge in [0, 0.05) is 30.1 Å². The molecule has 4 aromatic rings. The smallest absolute Gasteiger partial charge is 0.116 e. The van der Waals surface area contributed by atoms with Crippen LogP contribution in [0.4, 0.5) is 5.69 Å². The van der Waals surface area contributed by atoms with Gasteiger partial charge in [-0.3, -0.25) is 4.98 Å². The van der Waals surface area contributed by atoms with E-state index in [-0.39, 0.29) is 12.6 Å². The Balaban J connectivity index is 1.48. The number of pyridine rings is 1. The Hall–Kier alpha value is -3.77. The molecule has 0 aromatic carbocycles. The number of aliphatic hydroxyl groups excluding tert-OH is 1.